The van der Waals surface area contributed by atoms with Crippen molar-refractivity contribution in [3.8, 4) is 0 Å². The van der Waals surface area contributed by atoms with Gasteiger partial charge in [-0.3, -0.25) is 0 Å². The molecule has 0 aromatic rings. The number of hydrogen-bond acceptors (Lipinski definition) is 10. The second kappa shape index (κ2) is 6.79. The lowest BCUT2D eigenvalue weighted by molar-refractivity contribution is -0.341. The summed E-state index contributed by atoms with van der Waals surface area (Å²) in [5, 5.41) is 66.2. The molecule has 0 aromatic heterocycles. The van der Waals surface area contributed by atoms with Gasteiger partial charge in [-0.25, -0.2) is 0 Å². The summed E-state index contributed by atoms with van der Waals surface area (Å²) in [6.07, 6.45) is -12.8. The third kappa shape index (κ3) is 3.19. The molecule has 2 rings (SSSR count). The zero-order valence-electron chi connectivity index (χ0n) is 11.0. The Balaban J connectivity index is 2.01. The maximum absolute atomic E-state index is 9.77. The van der Waals surface area contributed by atoms with Crippen molar-refractivity contribution in [3.63, 3.8) is 0 Å². The summed E-state index contributed by atoms with van der Waals surface area (Å²) in [6.45, 7) is -1.17. The lowest BCUT2D eigenvalue weighted by Gasteiger charge is -2.40. The SMILES string of the molecule is OC[C@H]1O[C@@H](O[C@H]2O[C@H](CO)[C@@H](O)[C@H](O)[C@H]2O)[C@H](O)[C@H]1O. The molecule has 0 unspecified atom stereocenters. The molecule has 10 nitrogen and oxygen atoms in total. The van der Waals surface area contributed by atoms with Crippen LogP contribution < -0.4 is 0 Å². The fourth-order valence-electron chi connectivity index (χ4n) is 2.29. The third-order valence-electron chi connectivity index (χ3n) is 3.62. The molecule has 7 N–H and O–H groups in total. The lowest BCUT2D eigenvalue weighted by Crippen LogP contribution is -2.60. The summed E-state index contributed by atoms with van der Waals surface area (Å²) in [5.74, 6) is 0. The number of rotatable bonds is 4. The van der Waals surface area contributed by atoms with Crippen LogP contribution in [0, 0.1) is 0 Å². The molecule has 2 heterocycles. The molecule has 2 aliphatic heterocycles. The fourth-order valence-corrected chi connectivity index (χ4v) is 2.29. The van der Waals surface area contributed by atoms with Crippen LogP contribution in [0.15, 0.2) is 0 Å². The van der Waals surface area contributed by atoms with Crippen LogP contribution in [-0.2, 0) is 14.2 Å². The first kappa shape index (κ1) is 17.0. The van der Waals surface area contributed by atoms with Gasteiger partial charge in [-0.2, -0.15) is 0 Å². The van der Waals surface area contributed by atoms with Crippen molar-refractivity contribution in [2.24, 2.45) is 0 Å². The first-order valence-electron chi connectivity index (χ1n) is 6.49. The molecule has 21 heavy (non-hydrogen) atoms. The Kier molecular flexibility index (Phi) is 5.48. The van der Waals surface area contributed by atoms with Crippen molar-refractivity contribution in [1.29, 1.82) is 0 Å². The van der Waals surface area contributed by atoms with Crippen LogP contribution in [0.2, 0.25) is 0 Å². The minimum atomic E-state index is -1.65. The quantitative estimate of drug-likeness (QED) is 0.267. The Morgan fingerprint density at radius 1 is 0.619 bits per heavy atom. The first-order chi connectivity index (χ1) is 9.90. The molecule has 0 aromatic carbocycles. The minimum absolute atomic E-state index is 0.549. The largest absolute Gasteiger partial charge is 0.394 e. The molecule has 0 aliphatic carbocycles. The van der Waals surface area contributed by atoms with Gasteiger partial charge in [-0.15, -0.1) is 0 Å². The highest BCUT2D eigenvalue weighted by atomic mass is 16.8. The van der Waals surface area contributed by atoms with Crippen molar-refractivity contribution in [2.45, 2.75) is 55.3 Å². The predicted molar refractivity (Wildman–Crippen MR) is 62.6 cm³/mol. The molecule has 2 fully saturated rings. The van der Waals surface area contributed by atoms with Crippen LogP contribution in [0.1, 0.15) is 0 Å². The molecule has 9 atom stereocenters. The zero-order chi connectivity index (χ0) is 15.7. The smallest absolute Gasteiger partial charge is 0.189 e. The summed E-state index contributed by atoms with van der Waals surface area (Å²) in [5.41, 5.74) is 0. The standard InChI is InChI=1S/C11H20O10/c12-1-3-5(14)7(16)9(18)11(19-3)21-10-8(17)6(15)4(2-13)20-10/h3-18H,1-2H2/t3-,4-,5-,6+,7+,8-,9-,10+,11-/m1/s1. The van der Waals surface area contributed by atoms with Gasteiger partial charge in [0.1, 0.15) is 42.7 Å². The van der Waals surface area contributed by atoms with Gasteiger partial charge in [0.05, 0.1) is 13.2 Å². The van der Waals surface area contributed by atoms with E-state index in [1.165, 1.54) is 0 Å². The minimum Gasteiger partial charge on any atom is -0.394 e. The van der Waals surface area contributed by atoms with E-state index in [4.69, 9.17) is 24.4 Å². The van der Waals surface area contributed by atoms with E-state index in [-0.39, 0.29) is 0 Å². The summed E-state index contributed by atoms with van der Waals surface area (Å²) in [4.78, 5) is 0. The number of aliphatic hydroxyl groups is 7. The van der Waals surface area contributed by atoms with Crippen LogP contribution in [0.3, 0.4) is 0 Å². The Morgan fingerprint density at radius 2 is 1.00 bits per heavy atom. The number of ether oxygens (including phenoxy) is 3. The highest BCUT2D eigenvalue weighted by molar-refractivity contribution is 4.91. The van der Waals surface area contributed by atoms with Gasteiger partial charge >= 0.3 is 0 Å². The predicted octanol–water partition coefficient (Wildman–Crippen LogP) is -4.76. The first-order valence-corrected chi connectivity index (χ1v) is 6.49. The van der Waals surface area contributed by atoms with Gasteiger partial charge in [0, 0.05) is 0 Å². The Labute approximate surface area is 119 Å². The Bertz CT molecular complexity index is 339. The summed E-state index contributed by atoms with van der Waals surface area (Å²) in [7, 11) is 0. The molecule has 2 saturated heterocycles. The average molecular weight is 312 g/mol. The summed E-state index contributed by atoms with van der Waals surface area (Å²) >= 11 is 0. The normalized spacial score (nSPS) is 51.3. The molecular weight excluding hydrogens is 292 g/mol. The van der Waals surface area contributed by atoms with Crippen molar-refractivity contribution in [2.75, 3.05) is 13.2 Å². The topological polar surface area (TPSA) is 169 Å². The second-order valence-corrected chi connectivity index (χ2v) is 5.04. The summed E-state index contributed by atoms with van der Waals surface area (Å²) in [6, 6.07) is 0. The Hall–Kier alpha value is -0.400. The van der Waals surface area contributed by atoms with Gasteiger partial charge in [0.25, 0.3) is 0 Å². The highest BCUT2D eigenvalue weighted by Gasteiger charge is 2.49. The second-order valence-electron chi connectivity index (χ2n) is 5.04. The van der Waals surface area contributed by atoms with Crippen LogP contribution in [0.25, 0.3) is 0 Å². The van der Waals surface area contributed by atoms with Crippen molar-refractivity contribution >= 4 is 0 Å². The van der Waals surface area contributed by atoms with E-state index >= 15 is 0 Å². The van der Waals surface area contributed by atoms with E-state index < -0.39 is 68.5 Å². The molecule has 10 heteroatoms. The molecule has 2 aliphatic rings. The van der Waals surface area contributed by atoms with Crippen molar-refractivity contribution in [3.05, 3.63) is 0 Å². The zero-order valence-corrected chi connectivity index (χ0v) is 11.0. The van der Waals surface area contributed by atoms with Gasteiger partial charge in [-0.1, -0.05) is 0 Å². The maximum Gasteiger partial charge on any atom is 0.189 e. The van der Waals surface area contributed by atoms with Crippen LogP contribution in [0.5, 0.6) is 0 Å². The van der Waals surface area contributed by atoms with E-state index in [1.54, 1.807) is 0 Å². The van der Waals surface area contributed by atoms with E-state index in [9.17, 15) is 25.5 Å². The van der Waals surface area contributed by atoms with Crippen LogP contribution >= 0.6 is 0 Å². The van der Waals surface area contributed by atoms with E-state index in [2.05, 4.69) is 0 Å². The molecular formula is C11H20O10. The van der Waals surface area contributed by atoms with E-state index in [0.717, 1.165) is 0 Å². The van der Waals surface area contributed by atoms with Gasteiger partial charge in [0.15, 0.2) is 12.6 Å². The van der Waals surface area contributed by atoms with Crippen LogP contribution in [0.4, 0.5) is 0 Å². The molecule has 0 amide bonds. The highest BCUT2D eigenvalue weighted by Crippen LogP contribution is 2.28. The molecule has 0 saturated carbocycles. The third-order valence-corrected chi connectivity index (χ3v) is 3.62. The molecule has 124 valence electrons. The van der Waals surface area contributed by atoms with Gasteiger partial charge < -0.3 is 50.0 Å². The monoisotopic (exact) mass is 312 g/mol. The Morgan fingerprint density at radius 3 is 1.43 bits per heavy atom. The summed E-state index contributed by atoms with van der Waals surface area (Å²) < 4.78 is 15.3. The fraction of sp³-hybridized carbons (Fsp3) is 1.00. The number of aliphatic hydroxyl groups excluding tert-OH is 7. The maximum atomic E-state index is 9.77. The van der Waals surface area contributed by atoms with Crippen molar-refractivity contribution < 1.29 is 50.0 Å². The molecule has 0 spiro atoms. The van der Waals surface area contributed by atoms with E-state index in [1.807, 2.05) is 0 Å². The lowest BCUT2D eigenvalue weighted by atomic mass is 9.99. The van der Waals surface area contributed by atoms with Crippen molar-refractivity contribution in [1.82, 2.24) is 0 Å². The van der Waals surface area contributed by atoms with Crippen LogP contribution in [-0.4, -0.2) is 104 Å². The van der Waals surface area contributed by atoms with Gasteiger partial charge in [-0.05, 0) is 0 Å². The average Bonchev–Trinajstić information content (AvgIpc) is 2.75. The number of hydrogen-bond donors (Lipinski definition) is 7. The molecule has 0 bridgehead atoms. The van der Waals surface area contributed by atoms with Gasteiger partial charge in [0.2, 0.25) is 0 Å². The van der Waals surface area contributed by atoms with E-state index in [0.29, 0.717) is 0 Å². The molecule has 0 radical (unpaired) electrons.